The molecule has 0 spiro atoms. The number of aromatic amines is 1. The molecule has 0 unspecified atom stereocenters. The molecule has 8 heteroatoms. The molecule has 36 heavy (non-hydrogen) atoms. The molecule has 6 nitrogen and oxygen atoms in total. The number of fused-ring (bicyclic) bond motifs is 1. The first-order valence-electron chi connectivity index (χ1n) is 11.4. The number of nitrogens with one attached hydrogen (secondary N) is 2. The molecule has 1 aromatic heterocycles. The molecule has 2 N–H and O–H groups in total. The van der Waals surface area contributed by atoms with Crippen LogP contribution in [-0.4, -0.2) is 23.3 Å². The summed E-state index contributed by atoms with van der Waals surface area (Å²) in [6, 6.07) is 29.5. The Morgan fingerprint density at radius 1 is 0.917 bits per heavy atom. The van der Waals surface area contributed by atoms with E-state index in [2.05, 4.69) is 10.3 Å². The Hall–Kier alpha value is -4.43. The molecule has 0 bridgehead atoms. The molecule has 1 heterocycles. The minimum absolute atomic E-state index is 0.199. The molecular weight excluding hydrogens is 469 g/mol. The van der Waals surface area contributed by atoms with Crippen molar-refractivity contribution in [3.8, 4) is 11.5 Å². The maximum absolute atomic E-state index is 13.1. The maximum Gasteiger partial charge on any atom is 0.262 e. The van der Waals surface area contributed by atoms with E-state index in [9.17, 15) is 9.59 Å². The van der Waals surface area contributed by atoms with Crippen molar-refractivity contribution in [2.24, 2.45) is 0 Å². The third kappa shape index (κ3) is 5.14. The summed E-state index contributed by atoms with van der Waals surface area (Å²) in [6.07, 6.45) is 0. The van der Waals surface area contributed by atoms with Gasteiger partial charge in [0.1, 0.15) is 19.3 Å². The summed E-state index contributed by atoms with van der Waals surface area (Å²) < 4.78 is 7.62. The van der Waals surface area contributed by atoms with Crippen molar-refractivity contribution in [1.82, 2.24) is 9.55 Å². The third-order valence-corrected chi connectivity index (χ3v) is 6.12. The minimum Gasteiger partial charge on any atom is -0.457 e. The summed E-state index contributed by atoms with van der Waals surface area (Å²) >= 11 is 5.46. The number of anilines is 1. The lowest BCUT2D eigenvalue weighted by molar-refractivity contribution is 0.102. The molecule has 1 amide bonds. The van der Waals surface area contributed by atoms with Crippen molar-refractivity contribution >= 4 is 48.0 Å². The van der Waals surface area contributed by atoms with Crippen LogP contribution in [-0.2, 0) is 6.54 Å². The van der Waals surface area contributed by atoms with Gasteiger partial charge >= 0.3 is 0 Å². The SMILES string of the molecule is Bc1ccc(Cn2c(=S)[nH]c3cc(C(=O)Nc4ccc(Oc5ccccc5)cc4)ccc3c2=O)cc1. The van der Waals surface area contributed by atoms with Crippen LogP contribution < -0.4 is 21.1 Å². The van der Waals surface area contributed by atoms with Crippen molar-refractivity contribution in [1.29, 1.82) is 0 Å². The highest BCUT2D eigenvalue weighted by atomic mass is 32.1. The molecule has 5 rings (SSSR count). The number of rotatable bonds is 6. The van der Waals surface area contributed by atoms with Crippen LogP contribution in [0, 0.1) is 4.77 Å². The number of hydrogen-bond donors (Lipinski definition) is 2. The molecule has 176 valence electrons. The highest BCUT2D eigenvalue weighted by Gasteiger charge is 2.11. The number of ether oxygens (including phenoxy) is 1. The predicted molar refractivity (Wildman–Crippen MR) is 148 cm³/mol. The van der Waals surface area contributed by atoms with Crippen LogP contribution in [0.4, 0.5) is 5.69 Å². The van der Waals surface area contributed by atoms with Crippen molar-refractivity contribution < 1.29 is 9.53 Å². The van der Waals surface area contributed by atoms with Gasteiger partial charge in [-0.3, -0.25) is 14.2 Å². The van der Waals surface area contributed by atoms with Crippen molar-refractivity contribution in [3.05, 3.63) is 123 Å². The lowest BCUT2D eigenvalue weighted by Gasteiger charge is -2.10. The highest BCUT2D eigenvalue weighted by molar-refractivity contribution is 7.71. The van der Waals surface area contributed by atoms with Gasteiger partial charge in [-0.1, -0.05) is 47.9 Å². The smallest absolute Gasteiger partial charge is 0.262 e. The summed E-state index contributed by atoms with van der Waals surface area (Å²) in [5.41, 5.74) is 3.49. The van der Waals surface area contributed by atoms with Crippen LogP contribution in [0.3, 0.4) is 0 Å². The molecule has 0 saturated carbocycles. The molecular formula is C28H22BN3O3S. The lowest BCUT2D eigenvalue weighted by atomic mass is 9.95. The second kappa shape index (κ2) is 10.1. The Bertz CT molecular complexity index is 1660. The van der Waals surface area contributed by atoms with Gasteiger partial charge in [-0.2, -0.15) is 0 Å². The van der Waals surface area contributed by atoms with Gasteiger partial charge in [0.25, 0.3) is 11.5 Å². The first-order valence-corrected chi connectivity index (χ1v) is 11.8. The van der Waals surface area contributed by atoms with Gasteiger partial charge in [0.05, 0.1) is 17.4 Å². The molecule has 0 aliphatic heterocycles. The van der Waals surface area contributed by atoms with Crippen molar-refractivity contribution in [3.63, 3.8) is 0 Å². The Balaban J connectivity index is 1.34. The molecule has 0 atom stereocenters. The van der Waals surface area contributed by atoms with E-state index in [1.807, 2.05) is 62.4 Å². The van der Waals surface area contributed by atoms with Gasteiger partial charge in [-0.05, 0) is 72.4 Å². The Morgan fingerprint density at radius 3 is 2.33 bits per heavy atom. The fraction of sp³-hybridized carbons (Fsp3) is 0.0357. The van der Waals surface area contributed by atoms with E-state index in [4.69, 9.17) is 17.0 Å². The monoisotopic (exact) mass is 491 g/mol. The molecule has 0 fully saturated rings. The minimum atomic E-state index is -0.295. The van der Waals surface area contributed by atoms with Crippen LogP contribution in [0.2, 0.25) is 0 Å². The van der Waals surface area contributed by atoms with Crippen molar-refractivity contribution in [2.45, 2.75) is 6.54 Å². The maximum atomic E-state index is 13.1. The van der Waals surface area contributed by atoms with E-state index in [1.165, 1.54) is 4.57 Å². The van der Waals surface area contributed by atoms with E-state index in [-0.39, 0.29) is 11.5 Å². The summed E-state index contributed by atoms with van der Waals surface area (Å²) in [4.78, 5) is 29.1. The molecule has 0 radical (unpaired) electrons. The summed E-state index contributed by atoms with van der Waals surface area (Å²) in [6.45, 7) is 0.372. The molecule has 0 aliphatic rings. The lowest BCUT2D eigenvalue weighted by Crippen LogP contribution is -2.23. The average Bonchev–Trinajstić information content (AvgIpc) is 2.89. The van der Waals surface area contributed by atoms with Gasteiger partial charge in [-0.25, -0.2) is 0 Å². The normalized spacial score (nSPS) is 10.8. The largest absolute Gasteiger partial charge is 0.457 e. The van der Waals surface area contributed by atoms with Crippen molar-refractivity contribution in [2.75, 3.05) is 5.32 Å². The van der Waals surface area contributed by atoms with Gasteiger partial charge in [-0.15, -0.1) is 0 Å². The first-order chi connectivity index (χ1) is 17.5. The Kier molecular flexibility index (Phi) is 6.51. The number of H-pyrrole nitrogens is 1. The topological polar surface area (TPSA) is 76.1 Å². The van der Waals surface area contributed by atoms with Gasteiger partial charge in [0.15, 0.2) is 4.77 Å². The second-order valence-corrected chi connectivity index (χ2v) is 8.85. The van der Waals surface area contributed by atoms with E-state index in [0.717, 1.165) is 16.8 Å². The fourth-order valence-electron chi connectivity index (χ4n) is 3.85. The number of carbonyl (C=O) groups is 1. The van der Waals surface area contributed by atoms with Gasteiger partial charge < -0.3 is 15.0 Å². The molecule has 4 aromatic carbocycles. The summed E-state index contributed by atoms with van der Waals surface area (Å²) in [5, 5.41) is 3.34. The zero-order valence-corrected chi connectivity index (χ0v) is 20.3. The first kappa shape index (κ1) is 23.3. The van der Waals surface area contributed by atoms with Crippen LogP contribution in [0.1, 0.15) is 15.9 Å². The molecule has 0 aliphatic carbocycles. The van der Waals surface area contributed by atoms with Crippen LogP contribution in [0.5, 0.6) is 11.5 Å². The van der Waals surface area contributed by atoms with Gasteiger partial charge in [0, 0.05) is 11.3 Å². The zero-order valence-electron chi connectivity index (χ0n) is 19.5. The van der Waals surface area contributed by atoms with E-state index in [0.29, 0.717) is 39.2 Å². The number of benzene rings is 4. The molecule has 5 aromatic rings. The quantitative estimate of drug-likeness (QED) is 0.273. The van der Waals surface area contributed by atoms with Crippen LogP contribution in [0.25, 0.3) is 10.9 Å². The number of amides is 1. The fourth-order valence-corrected chi connectivity index (χ4v) is 4.11. The van der Waals surface area contributed by atoms with Crippen LogP contribution in [0.15, 0.2) is 102 Å². The molecule has 0 saturated heterocycles. The summed E-state index contributed by atoms with van der Waals surface area (Å²) in [7, 11) is 2.02. The third-order valence-electron chi connectivity index (χ3n) is 5.80. The van der Waals surface area contributed by atoms with Gasteiger partial charge in [0.2, 0.25) is 0 Å². The number of para-hydroxylation sites is 1. The number of hydrogen-bond acceptors (Lipinski definition) is 4. The van der Waals surface area contributed by atoms with E-state index < -0.39 is 0 Å². The number of nitrogens with zero attached hydrogens (tertiary/aromatic N) is 1. The number of aromatic nitrogens is 2. The Labute approximate surface area is 213 Å². The average molecular weight is 491 g/mol. The Morgan fingerprint density at radius 2 is 1.61 bits per heavy atom. The summed E-state index contributed by atoms with van der Waals surface area (Å²) in [5.74, 6) is 1.11. The van der Waals surface area contributed by atoms with E-state index in [1.54, 1.807) is 42.5 Å². The second-order valence-electron chi connectivity index (χ2n) is 8.46. The zero-order chi connectivity index (χ0) is 25.1. The van der Waals surface area contributed by atoms with Crippen LogP contribution >= 0.6 is 12.2 Å². The standard InChI is InChI=1S/C28H22BN3O3S/c29-20-9-6-18(7-10-20)17-32-27(34)24-15-8-19(16-25(24)31-28(32)36)26(33)30-21-11-13-23(14-12-21)35-22-4-2-1-3-5-22/h1-16H,17,29H2,(H,30,33)(H,31,36). The highest BCUT2D eigenvalue weighted by Crippen LogP contribution is 2.23. The number of carbonyl (C=O) groups excluding carboxylic acids is 1. The predicted octanol–water partition coefficient (Wildman–Crippen LogP) is 4.41. The van der Waals surface area contributed by atoms with E-state index >= 15 is 0 Å².